The van der Waals surface area contributed by atoms with Crippen LogP contribution in [0.1, 0.15) is 31.6 Å². The molecule has 3 heteroatoms. The van der Waals surface area contributed by atoms with Gasteiger partial charge in [0.1, 0.15) is 0 Å². The molecule has 0 amide bonds. The fourth-order valence-corrected chi connectivity index (χ4v) is 2.47. The average molecular weight is 226 g/mol. The Kier molecular flexibility index (Phi) is 5.91. The third kappa shape index (κ3) is 4.33. The Hall–Kier alpha value is -0.380. The first-order chi connectivity index (χ1) is 7.27. The molecule has 1 aromatic heterocycles. The summed E-state index contributed by atoms with van der Waals surface area (Å²) in [5.41, 5.74) is 5.78. The molecule has 2 nitrogen and oxygen atoms in total. The molecule has 0 saturated carbocycles. The predicted octanol–water partition coefficient (Wildman–Crippen LogP) is 2.60. The molecular formula is C12H22N2S. The number of rotatable bonds is 7. The van der Waals surface area contributed by atoms with Crippen LogP contribution >= 0.6 is 11.3 Å². The van der Waals surface area contributed by atoms with Crippen LogP contribution in [0.3, 0.4) is 0 Å². The Morgan fingerprint density at radius 3 is 2.87 bits per heavy atom. The standard InChI is InChI=1S/C12H22N2S/c1-3-5-10(2)12(8-13)14-9-11-6-4-7-15-11/h4,6-7,10,12,14H,3,5,8-9,13H2,1-2H3. The predicted molar refractivity (Wildman–Crippen MR) is 68.1 cm³/mol. The smallest absolute Gasteiger partial charge is 0.0302 e. The van der Waals surface area contributed by atoms with Crippen LogP contribution in [0.25, 0.3) is 0 Å². The zero-order valence-corrected chi connectivity index (χ0v) is 10.5. The van der Waals surface area contributed by atoms with Crippen molar-refractivity contribution in [2.24, 2.45) is 11.7 Å². The lowest BCUT2D eigenvalue weighted by Crippen LogP contribution is -2.40. The van der Waals surface area contributed by atoms with Crippen LogP contribution < -0.4 is 11.1 Å². The van der Waals surface area contributed by atoms with E-state index in [9.17, 15) is 0 Å². The lowest BCUT2D eigenvalue weighted by atomic mass is 9.97. The van der Waals surface area contributed by atoms with E-state index in [2.05, 4.69) is 36.7 Å². The van der Waals surface area contributed by atoms with Gasteiger partial charge in [-0.05, 0) is 23.8 Å². The molecule has 0 saturated heterocycles. The van der Waals surface area contributed by atoms with E-state index in [4.69, 9.17) is 5.73 Å². The monoisotopic (exact) mass is 226 g/mol. The molecule has 15 heavy (non-hydrogen) atoms. The molecule has 1 heterocycles. The van der Waals surface area contributed by atoms with E-state index in [1.165, 1.54) is 17.7 Å². The second-order valence-corrected chi connectivity index (χ2v) is 5.10. The molecular weight excluding hydrogens is 204 g/mol. The van der Waals surface area contributed by atoms with E-state index in [0.717, 1.165) is 13.1 Å². The van der Waals surface area contributed by atoms with Crippen molar-refractivity contribution in [1.82, 2.24) is 5.32 Å². The van der Waals surface area contributed by atoms with Crippen molar-refractivity contribution in [2.45, 2.75) is 39.3 Å². The maximum absolute atomic E-state index is 5.78. The van der Waals surface area contributed by atoms with Crippen molar-refractivity contribution < 1.29 is 0 Å². The van der Waals surface area contributed by atoms with Gasteiger partial charge < -0.3 is 11.1 Å². The normalized spacial score (nSPS) is 15.1. The molecule has 0 aromatic carbocycles. The molecule has 0 radical (unpaired) electrons. The zero-order chi connectivity index (χ0) is 11.1. The van der Waals surface area contributed by atoms with E-state index < -0.39 is 0 Å². The molecule has 0 bridgehead atoms. The molecule has 0 aliphatic heterocycles. The lowest BCUT2D eigenvalue weighted by Gasteiger charge is -2.23. The van der Waals surface area contributed by atoms with Crippen LogP contribution in [-0.2, 0) is 6.54 Å². The van der Waals surface area contributed by atoms with Crippen LogP contribution in [0, 0.1) is 5.92 Å². The van der Waals surface area contributed by atoms with Gasteiger partial charge in [-0.3, -0.25) is 0 Å². The highest BCUT2D eigenvalue weighted by Crippen LogP contribution is 2.12. The largest absolute Gasteiger partial charge is 0.329 e. The van der Waals surface area contributed by atoms with Gasteiger partial charge in [0.05, 0.1) is 0 Å². The maximum atomic E-state index is 5.78. The molecule has 2 atom stereocenters. The van der Waals surface area contributed by atoms with Gasteiger partial charge in [-0.1, -0.05) is 26.3 Å². The van der Waals surface area contributed by atoms with E-state index in [-0.39, 0.29) is 0 Å². The van der Waals surface area contributed by atoms with Gasteiger partial charge in [-0.25, -0.2) is 0 Å². The van der Waals surface area contributed by atoms with Crippen LogP contribution in [-0.4, -0.2) is 12.6 Å². The molecule has 3 N–H and O–H groups in total. The second kappa shape index (κ2) is 6.99. The summed E-state index contributed by atoms with van der Waals surface area (Å²) in [5, 5.41) is 5.66. The van der Waals surface area contributed by atoms with Gasteiger partial charge in [-0.2, -0.15) is 0 Å². The summed E-state index contributed by atoms with van der Waals surface area (Å²) in [6.07, 6.45) is 2.48. The van der Waals surface area contributed by atoms with Crippen molar-refractivity contribution in [3.05, 3.63) is 22.4 Å². The first kappa shape index (κ1) is 12.7. The summed E-state index contributed by atoms with van der Waals surface area (Å²) >= 11 is 1.80. The van der Waals surface area contributed by atoms with Gasteiger partial charge in [0, 0.05) is 24.0 Å². The summed E-state index contributed by atoms with van der Waals surface area (Å²) in [4.78, 5) is 1.39. The summed E-state index contributed by atoms with van der Waals surface area (Å²) in [7, 11) is 0. The second-order valence-electron chi connectivity index (χ2n) is 4.07. The van der Waals surface area contributed by atoms with Gasteiger partial charge >= 0.3 is 0 Å². The Balaban J connectivity index is 2.33. The van der Waals surface area contributed by atoms with Crippen LogP contribution in [0.2, 0.25) is 0 Å². The van der Waals surface area contributed by atoms with Crippen LogP contribution in [0.4, 0.5) is 0 Å². The summed E-state index contributed by atoms with van der Waals surface area (Å²) < 4.78 is 0. The van der Waals surface area contributed by atoms with Crippen molar-refractivity contribution in [2.75, 3.05) is 6.54 Å². The number of hydrogen-bond acceptors (Lipinski definition) is 3. The van der Waals surface area contributed by atoms with Crippen molar-refractivity contribution in [1.29, 1.82) is 0 Å². The van der Waals surface area contributed by atoms with Crippen molar-refractivity contribution in [3.63, 3.8) is 0 Å². The number of nitrogens with two attached hydrogens (primary N) is 1. The minimum Gasteiger partial charge on any atom is -0.329 e. The third-order valence-electron chi connectivity index (χ3n) is 2.80. The molecule has 1 rings (SSSR count). The first-order valence-corrected chi connectivity index (χ1v) is 6.61. The summed E-state index contributed by atoms with van der Waals surface area (Å²) in [5.74, 6) is 0.667. The SMILES string of the molecule is CCCC(C)C(CN)NCc1cccs1. The first-order valence-electron chi connectivity index (χ1n) is 5.73. The number of nitrogens with one attached hydrogen (secondary N) is 1. The van der Waals surface area contributed by atoms with Gasteiger partial charge in [-0.15, -0.1) is 11.3 Å². The van der Waals surface area contributed by atoms with Crippen LogP contribution in [0.15, 0.2) is 17.5 Å². The van der Waals surface area contributed by atoms with E-state index >= 15 is 0 Å². The van der Waals surface area contributed by atoms with Gasteiger partial charge in [0.15, 0.2) is 0 Å². The molecule has 1 aromatic rings. The van der Waals surface area contributed by atoms with Crippen molar-refractivity contribution in [3.8, 4) is 0 Å². The summed E-state index contributed by atoms with van der Waals surface area (Å²) in [6, 6.07) is 4.71. The van der Waals surface area contributed by atoms with Gasteiger partial charge in [0.2, 0.25) is 0 Å². The quantitative estimate of drug-likeness (QED) is 0.750. The van der Waals surface area contributed by atoms with E-state index in [0.29, 0.717) is 12.0 Å². The van der Waals surface area contributed by atoms with Crippen LogP contribution in [0.5, 0.6) is 0 Å². The molecule has 86 valence electrons. The van der Waals surface area contributed by atoms with E-state index in [1.807, 2.05) is 0 Å². The molecule has 0 spiro atoms. The highest BCUT2D eigenvalue weighted by molar-refractivity contribution is 7.09. The van der Waals surface area contributed by atoms with Crippen molar-refractivity contribution >= 4 is 11.3 Å². The topological polar surface area (TPSA) is 38.0 Å². The number of thiophene rings is 1. The highest BCUT2D eigenvalue weighted by atomic mass is 32.1. The highest BCUT2D eigenvalue weighted by Gasteiger charge is 2.13. The van der Waals surface area contributed by atoms with E-state index in [1.54, 1.807) is 11.3 Å². The fourth-order valence-electron chi connectivity index (χ4n) is 1.82. The fraction of sp³-hybridized carbons (Fsp3) is 0.667. The average Bonchev–Trinajstić information content (AvgIpc) is 2.72. The minimum absolute atomic E-state index is 0.451. The zero-order valence-electron chi connectivity index (χ0n) is 9.70. The maximum Gasteiger partial charge on any atom is 0.0302 e. The Labute approximate surface area is 96.9 Å². The molecule has 0 fully saturated rings. The molecule has 2 unspecified atom stereocenters. The number of hydrogen-bond donors (Lipinski definition) is 2. The Morgan fingerprint density at radius 2 is 2.33 bits per heavy atom. The molecule has 0 aliphatic carbocycles. The summed E-state index contributed by atoms with van der Waals surface area (Å²) in [6.45, 7) is 6.19. The Morgan fingerprint density at radius 1 is 1.53 bits per heavy atom. The Bertz CT molecular complexity index is 246. The van der Waals surface area contributed by atoms with Gasteiger partial charge in [0.25, 0.3) is 0 Å². The minimum atomic E-state index is 0.451. The molecule has 0 aliphatic rings. The third-order valence-corrected chi connectivity index (χ3v) is 3.68. The lowest BCUT2D eigenvalue weighted by molar-refractivity contribution is 0.359.